The molecule has 0 atom stereocenters. The van der Waals surface area contributed by atoms with E-state index < -0.39 is 11.7 Å². The Morgan fingerprint density at radius 3 is 2.10 bits per heavy atom. The first-order valence-corrected chi connectivity index (χ1v) is 9.87. The zero-order chi connectivity index (χ0) is 22.1. The number of hydrogen-bond donors (Lipinski definition) is 2. The molecule has 0 radical (unpaired) electrons. The summed E-state index contributed by atoms with van der Waals surface area (Å²) in [5.41, 5.74) is 1.80. The lowest BCUT2D eigenvalue weighted by Crippen LogP contribution is -2.35. The molecular formula is C24H24Cl2F3NO. The van der Waals surface area contributed by atoms with Gasteiger partial charge in [-0.2, -0.15) is 13.2 Å². The Morgan fingerprint density at radius 2 is 1.52 bits per heavy atom. The minimum Gasteiger partial charge on any atom is -0.507 e. The zero-order valence-corrected chi connectivity index (χ0v) is 18.9. The molecule has 166 valence electrons. The summed E-state index contributed by atoms with van der Waals surface area (Å²) in [6, 6.07) is 16.5. The van der Waals surface area contributed by atoms with Gasteiger partial charge in [-0.05, 0) is 61.7 Å². The molecule has 0 aliphatic heterocycles. The smallest absolute Gasteiger partial charge is 0.417 e. The molecule has 7 heteroatoms. The predicted octanol–water partition coefficient (Wildman–Crippen LogP) is 7.71. The van der Waals surface area contributed by atoms with Gasteiger partial charge in [0.25, 0.3) is 0 Å². The number of benzene rings is 3. The van der Waals surface area contributed by atoms with Crippen LogP contribution in [0, 0.1) is 0 Å². The van der Waals surface area contributed by atoms with Gasteiger partial charge in [-0.3, -0.25) is 0 Å². The molecule has 3 rings (SSSR count). The molecule has 0 fully saturated rings. The summed E-state index contributed by atoms with van der Waals surface area (Å²) in [5, 5.41) is 13.9. The third-order valence-electron chi connectivity index (χ3n) is 4.69. The molecule has 0 saturated heterocycles. The van der Waals surface area contributed by atoms with E-state index in [0.29, 0.717) is 28.8 Å². The molecule has 0 heterocycles. The summed E-state index contributed by atoms with van der Waals surface area (Å²) in [5.74, 6) is 0.103. The normalized spacial score (nSPS) is 11.8. The van der Waals surface area contributed by atoms with Crippen LogP contribution >= 0.6 is 24.0 Å². The first-order chi connectivity index (χ1) is 14.0. The van der Waals surface area contributed by atoms with Gasteiger partial charge in [0.1, 0.15) is 5.75 Å². The predicted molar refractivity (Wildman–Crippen MR) is 123 cm³/mol. The van der Waals surface area contributed by atoms with E-state index in [4.69, 9.17) is 11.6 Å². The van der Waals surface area contributed by atoms with E-state index in [0.717, 1.165) is 11.6 Å². The number of hydrogen-bond acceptors (Lipinski definition) is 2. The van der Waals surface area contributed by atoms with Crippen LogP contribution in [0.3, 0.4) is 0 Å². The Morgan fingerprint density at radius 1 is 0.871 bits per heavy atom. The third-order valence-corrected chi connectivity index (χ3v) is 5.02. The van der Waals surface area contributed by atoms with Gasteiger partial charge in [-0.15, -0.1) is 12.4 Å². The fraction of sp³-hybridized carbons (Fsp3) is 0.250. The summed E-state index contributed by atoms with van der Waals surface area (Å²) in [6.07, 6.45) is -4.55. The van der Waals surface area contributed by atoms with Crippen LogP contribution in [-0.4, -0.2) is 10.6 Å². The van der Waals surface area contributed by atoms with Crippen molar-refractivity contribution in [2.24, 2.45) is 0 Å². The molecule has 0 saturated carbocycles. The number of phenolic OH excluding ortho intramolecular Hbond substituents is 1. The molecule has 0 aliphatic rings. The molecule has 0 bridgehead atoms. The summed E-state index contributed by atoms with van der Waals surface area (Å²) in [7, 11) is 0. The lowest BCUT2D eigenvalue weighted by Gasteiger charge is -2.22. The molecule has 3 aromatic carbocycles. The second-order valence-corrected chi connectivity index (χ2v) is 8.60. The van der Waals surface area contributed by atoms with Crippen LogP contribution < -0.4 is 5.32 Å². The van der Waals surface area contributed by atoms with Crippen molar-refractivity contribution in [1.82, 2.24) is 5.32 Å². The molecule has 2 nitrogen and oxygen atoms in total. The van der Waals surface area contributed by atoms with Crippen molar-refractivity contribution in [2.45, 2.75) is 39.0 Å². The summed E-state index contributed by atoms with van der Waals surface area (Å²) in [4.78, 5) is 0. The number of aromatic hydroxyl groups is 1. The quantitative estimate of drug-likeness (QED) is 0.409. The Labute approximate surface area is 191 Å². The van der Waals surface area contributed by atoms with Gasteiger partial charge in [0, 0.05) is 23.2 Å². The molecule has 0 aliphatic carbocycles. The number of rotatable bonds is 4. The van der Waals surface area contributed by atoms with Gasteiger partial charge >= 0.3 is 6.18 Å². The lowest BCUT2D eigenvalue weighted by molar-refractivity contribution is -0.137. The fourth-order valence-corrected chi connectivity index (χ4v) is 3.34. The molecule has 0 amide bonds. The van der Waals surface area contributed by atoms with Gasteiger partial charge in [-0.1, -0.05) is 48.0 Å². The van der Waals surface area contributed by atoms with Crippen molar-refractivity contribution in [3.05, 3.63) is 76.8 Å². The van der Waals surface area contributed by atoms with Gasteiger partial charge in [0.15, 0.2) is 0 Å². The largest absolute Gasteiger partial charge is 0.507 e. The van der Waals surface area contributed by atoms with Crippen LogP contribution in [0.1, 0.15) is 31.9 Å². The minimum absolute atomic E-state index is 0. The Balaban J connectivity index is 0.00000341. The minimum atomic E-state index is -4.55. The molecule has 0 aromatic heterocycles. The van der Waals surface area contributed by atoms with Gasteiger partial charge < -0.3 is 10.4 Å². The first-order valence-electron chi connectivity index (χ1n) is 9.49. The van der Waals surface area contributed by atoms with E-state index in [1.165, 1.54) is 6.07 Å². The standard InChI is InChI=1S/C24H23ClF3NO.ClH/c1-23(2,3)29-14-18-11-17(12-19(22(18)30)15-7-5-4-6-8-15)16-9-10-21(25)20(13-16)24(26,27)28;/h4-13,29-30H,14H2,1-3H3;1H. The van der Waals surface area contributed by atoms with E-state index >= 15 is 0 Å². The van der Waals surface area contributed by atoms with Crippen LogP contribution in [0.15, 0.2) is 60.7 Å². The number of phenols is 1. The number of alkyl halides is 3. The van der Waals surface area contributed by atoms with Crippen molar-refractivity contribution in [3.63, 3.8) is 0 Å². The lowest BCUT2D eigenvalue weighted by atomic mass is 9.93. The van der Waals surface area contributed by atoms with Crippen LogP contribution in [0.5, 0.6) is 5.75 Å². The highest BCUT2D eigenvalue weighted by atomic mass is 35.5. The average Bonchev–Trinajstić information content (AvgIpc) is 2.67. The van der Waals surface area contributed by atoms with Crippen LogP contribution in [0.2, 0.25) is 5.02 Å². The SMILES string of the molecule is CC(C)(C)NCc1cc(-c2ccc(Cl)c(C(F)(F)F)c2)cc(-c2ccccc2)c1O.Cl. The zero-order valence-electron chi connectivity index (χ0n) is 17.3. The van der Waals surface area contributed by atoms with Gasteiger partial charge in [0.05, 0.1) is 10.6 Å². The Bertz CT molecular complexity index is 1050. The monoisotopic (exact) mass is 469 g/mol. The number of halogens is 5. The van der Waals surface area contributed by atoms with Gasteiger partial charge in [-0.25, -0.2) is 0 Å². The topological polar surface area (TPSA) is 32.3 Å². The van der Waals surface area contributed by atoms with E-state index in [1.807, 2.05) is 51.1 Å². The van der Waals surface area contributed by atoms with Crippen LogP contribution in [0.4, 0.5) is 13.2 Å². The molecule has 0 spiro atoms. The number of nitrogens with one attached hydrogen (secondary N) is 1. The van der Waals surface area contributed by atoms with E-state index in [-0.39, 0.29) is 28.7 Å². The summed E-state index contributed by atoms with van der Waals surface area (Å²) >= 11 is 5.78. The molecular weight excluding hydrogens is 446 g/mol. The van der Waals surface area contributed by atoms with Crippen molar-refractivity contribution >= 4 is 24.0 Å². The summed E-state index contributed by atoms with van der Waals surface area (Å²) in [6.45, 7) is 6.37. The van der Waals surface area contributed by atoms with E-state index in [2.05, 4.69) is 5.32 Å². The highest BCUT2D eigenvalue weighted by Crippen LogP contribution is 2.40. The van der Waals surface area contributed by atoms with E-state index in [9.17, 15) is 18.3 Å². The van der Waals surface area contributed by atoms with Crippen LogP contribution in [-0.2, 0) is 12.7 Å². The highest BCUT2D eigenvalue weighted by Gasteiger charge is 2.33. The highest BCUT2D eigenvalue weighted by molar-refractivity contribution is 6.31. The van der Waals surface area contributed by atoms with Crippen molar-refractivity contribution < 1.29 is 18.3 Å². The van der Waals surface area contributed by atoms with Crippen LogP contribution in [0.25, 0.3) is 22.3 Å². The Kier molecular flexibility index (Phi) is 7.69. The maximum atomic E-state index is 13.3. The molecule has 0 unspecified atom stereocenters. The van der Waals surface area contributed by atoms with Crippen molar-refractivity contribution in [1.29, 1.82) is 0 Å². The summed E-state index contributed by atoms with van der Waals surface area (Å²) < 4.78 is 40.0. The Hall–Kier alpha value is -2.21. The maximum Gasteiger partial charge on any atom is 0.417 e. The molecule has 31 heavy (non-hydrogen) atoms. The van der Waals surface area contributed by atoms with Crippen molar-refractivity contribution in [3.8, 4) is 28.0 Å². The van der Waals surface area contributed by atoms with Gasteiger partial charge in [0.2, 0.25) is 0 Å². The maximum absolute atomic E-state index is 13.3. The second kappa shape index (κ2) is 9.51. The third kappa shape index (κ3) is 6.16. The molecule has 2 N–H and O–H groups in total. The second-order valence-electron chi connectivity index (χ2n) is 8.19. The molecule has 3 aromatic rings. The fourth-order valence-electron chi connectivity index (χ4n) is 3.12. The first kappa shape index (κ1) is 25.1. The van der Waals surface area contributed by atoms with E-state index in [1.54, 1.807) is 18.2 Å². The average molecular weight is 470 g/mol. The van der Waals surface area contributed by atoms with Crippen molar-refractivity contribution in [2.75, 3.05) is 0 Å².